The Labute approximate surface area is 104 Å². The quantitative estimate of drug-likeness (QED) is 0.827. The summed E-state index contributed by atoms with van der Waals surface area (Å²) in [4.78, 5) is 23.0. The molecule has 3 N–H and O–H groups in total. The molecule has 1 heterocycles. The number of pyridine rings is 1. The maximum atomic E-state index is 11.9. The molecular weight excluding hydrogens is 242 g/mol. The van der Waals surface area contributed by atoms with Gasteiger partial charge in [-0.15, -0.1) is 12.4 Å². The monoisotopic (exact) mass is 253 g/mol. The molecule has 90 valence electrons. The standard InChI is InChI=1S/C11H11N3O2.ClH/c1-13-14-9-5-3-2-4-7(9)6-8(10(12)15)11(14)16;/h2-6,13H,1H3,(H2,12,15);1H. The Bertz CT molecular complexity index is 622. The number of primary amides is 1. The zero-order valence-corrected chi connectivity index (χ0v) is 9.95. The Balaban J connectivity index is 0.00000144. The molecule has 0 saturated carbocycles. The topological polar surface area (TPSA) is 77.1 Å². The molecule has 0 unspecified atom stereocenters. The van der Waals surface area contributed by atoms with Crippen LogP contribution in [0.25, 0.3) is 10.9 Å². The van der Waals surface area contributed by atoms with E-state index >= 15 is 0 Å². The Kier molecular flexibility index (Phi) is 3.75. The first-order valence-electron chi connectivity index (χ1n) is 4.77. The second-order valence-corrected chi connectivity index (χ2v) is 3.35. The molecule has 0 aliphatic heterocycles. The van der Waals surface area contributed by atoms with Gasteiger partial charge in [0.05, 0.1) is 5.52 Å². The summed E-state index contributed by atoms with van der Waals surface area (Å²) in [6.07, 6.45) is 0. The molecule has 1 amide bonds. The third-order valence-corrected chi connectivity index (χ3v) is 2.40. The summed E-state index contributed by atoms with van der Waals surface area (Å²) in [5, 5.41) is 0.783. The van der Waals surface area contributed by atoms with Crippen LogP contribution < -0.4 is 16.7 Å². The van der Waals surface area contributed by atoms with Crippen molar-refractivity contribution in [2.24, 2.45) is 5.73 Å². The van der Waals surface area contributed by atoms with Crippen molar-refractivity contribution in [2.45, 2.75) is 0 Å². The molecule has 0 aliphatic rings. The average Bonchev–Trinajstić information content (AvgIpc) is 2.28. The van der Waals surface area contributed by atoms with Gasteiger partial charge >= 0.3 is 0 Å². The highest BCUT2D eigenvalue weighted by Crippen LogP contribution is 2.11. The number of halogens is 1. The lowest BCUT2D eigenvalue weighted by atomic mass is 10.1. The zero-order chi connectivity index (χ0) is 11.7. The lowest BCUT2D eigenvalue weighted by Gasteiger charge is -2.10. The summed E-state index contributed by atoms with van der Waals surface area (Å²) in [6, 6.07) is 8.76. The van der Waals surface area contributed by atoms with Crippen molar-refractivity contribution in [3.05, 3.63) is 46.2 Å². The van der Waals surface area contributed by atoms with Crippen molar-refractivity contribution in [3.63, 3.8) is 0 Å². The van der Waals surface area contributed by atoms with E-state index in [2.05, 4.69) is 5.43 Å². The maximum Gasteiger partial charge on any atom is 0.282 e. The van der Waals surface area contributed by atoms with E-state index in [1.165, 1.54) is 10.7 Å². The molecule has 5 nitrogen and oxygen atoms in total. The number of rotatable bonds is 2. The van der Waals surface area contributed by atoms with Crippen molar-refractivity contribution in [3.8, 4) is 0 Å². The highest BCUT2D eigenvalue weighted by Gasteiger charge is 2.11. The Morgan fingerprint density at radius 3 is 2.59 bits per heavy atom. The van der Waals surface area contributed by atoms with Gasteiger partial charge in [0.25, 0.3) is 11.5 Å². The summed E-state index contributed by atoms with van der Waals surface area (Å²) < 4.78 is 1.30. The van der Waals surface area contributed by atoms with E-state index in [0.29, 0.717) is 5.52 Å². The lowest BCUT2D eigenvalue weighted by Crippen LogP contribution is -2.33. The number of hydrogen-bond donors (Lipinski definition) is 2. The summed E-state index contributed by atoms with van der Waals surface area (Å²) in [5.41, 5.74) is 8.13. The van der Waals surface area contributed by atoms with Crippen LogP contribution in [-0.4, -0.2) is 17.6 Å². The molecular formula is C11H12ClN3O2. The van der Waals surface area contributed by atoms with Gasteiger partial charge in [-0.2, -0.15) is 0 Å². The largest absolute Gasteiger partial charge is 0.365 e. The Hall–Kier alpha value is -2.01. The third kappa shape index (κ3) is 2.09. The van der Waals surface area contributed by atoms with Crippen LogP contribution in [0.1, 0.15) is 10.4 Å². The molecule has 0 saturated heterocycles. The molecule has 0 fully saturated rings. The minimum absolute atomic E-state index is 0. The third-order valence-electron chi connectivity index (χ3n) is 2.40. The van der Waals surface area contributed by atoms with Crippen LogP contribution in [0, 0.1) is 0 Å². The van der Waals surface area contributed by atoms with Crippen molar-refractivity contribution in [2.75, 3.05) is 12.5 Å². The molecule has 17 heavy (non-hydrogen) atoms. The fraction of sp³-hybridized carbons (Fsp3) is 0.0909. The highest BCUT2D eigenvalue weighted by molar-refractivity contribution is 5.96. The fourth-order valence-corrected chi connectivity index (χ4v) is 1.66. The molecule has 0 spiro atoms. The summed E-state index contributed by atoms with van der Waals surface area (Å²) in [5.74, 6) is -0.722. The van der Waals surface area contributed by atoms with Crippen LogP contribution >= 0.6 is 12.4 Å². The van der Waals surface area contributed by atoms with E-state index in [0.717, 1.165) is 5.39 Å². The Morgan fingerprint density at radius 1 is 1.35 bits per heavy atom. The van der Waals surface area contributed by atoms with Gasteiger partial charge in [-0.3, -0.25) is 9.59 Å². The number of amides is 1. The van der Waals surface area contributed by atoms with Crippen molar-refractivity contribution < 1.29 is 4.79 Å². The first-order valence-corrected chi connectivity index (χ1v) is 4.77. The van der Waals surface area contributed by atoms with Crippen LogP contribution in [0.15, 0.2) is 35.1 Å². The van der Waals surface area contributed by atoms with Gasteiger partial charge in [0.15, 0.2) is 0 Å². The fourth-order valence-electron chi connectivity index (χ4n) is 1.66. The van der Waals surface area contributed by atoms with E-state index in [1.54, 1.807) is 13.1 Å². The van der Waals surface area contributed by atoms with Gasteiger partial charge in [-0.25, -0.2) is 4.68 Å². The van der Waals surface area contributed by atoms with Crippen molar-refractivity contribution in [1.82, 2.24) is 4.68 Å². The van der Waals surface area contributed by atoms with E-state index in [9.17, 15) is 9.59 Å². The van der Waals surface area contributed by atoms with Crippen LogP contribution in [0.2, 0.25) is 0 Å². The number of para-hydroxylation sites is 1. The average molecular weight is 254 g/mol. The number of benzene rings is 1. The van der Waals surface area contributed by atoms with Gasteiger partial charge in [0.1, 0.15) is 5.56 Å². The normalized spacial score (nSPS) is 9.71. The Morgan fingerprint density at radius 2 is 2.00 bits per heavy atom. The summed E-state index contributed by atoms with van der Waals surface area (Å²) in [7, 11) is 1.61. The molecule has 0 atom stereocenters. The number of hydrogen-bond acceptors (Lipinski definition) is 3. The van der Waals surface area contributed by atoms with Gasteiger partial charge in [0.2, 0.25) is 0 Å². The molecule has 1 aromatic carbocycles. The van der Waals surface area contributed by atoms with Crippen LogP contribution in [0.4, 0.5) is 0 Å². The molecule has 1 aromatic heterocycles. The van der Waals surface area contributed by atoms with E-state index in [1.807, 2.05) is 18.2 Å². The summed E-state index contributed by atoms with van der Waals surface area (Å²) in [6.45, 7) is 0. The second kappa shape index (κ2) is 4.88. The molecule has 2 rings (SSSR count). The minimum Gasteiger partial charge on any atom is -0.365 e. The van der Waals surface area contributed by atoms with Gasteiger partial charge in [-0.1, -0.05) is 18.2 Å². The highest BCUT2D eigenvalue weighted by atomic mass is 35.5. The number of carbonyl (C=O) groups excluding carboxylic acids is 1. The van der Waals surface area contributed by atoms with E-state index < -0.39 is 11.5 Å². The van der Waals surface area contributed by atoms with Gasteiger partial charge in [0, 0.05) is 12.4 Å². The summed E-state index contributed by atoms with van der Waals surface area (Å²) >= 11 is 0. The van der Waals surface area contributed by atoms with Crippen LogP contribution in [0.5, 0.6) is 0 Å². The molecule has 2 aromatic rings. The molecule has 0 aliphatic carbocycles. The van der Waals surface area contributed by atoms with E-state index in [4.69, 9.17) is 5.73 Å². The van der Waals surface area contributed by atoms with Crippen LogP contribution in [-0.2, 0) is 0 Å². The van der Waals surface area contributed by atoms with Gasteiger partial charge in [-0.05, 0) is 12.1 Å². The minimum atomic E-state index is -0.722. The van der Waals surface area contributed by atoms with Crippen molar-refractivity contribution >= 4 is 29.2 Å². The number of nitrogens with one attached hydrogen (secondary N) is 1. The maximum absolute atomic E-state index is 11.9. The molecule has 6 heteroatoms. The predicted molar refractivity (Wildman–Crippen MR) is 69.3 cm³/mol. The number of fused-ring (bicyclic) bond motifs is 1. The van der Waals surface area contributed by atoms with Crippen molar-refractivity contribution in [1.29, 1.82) is 0 Å². The molecule has 0 bridgehead atoms. The number of carbonyl (C=O) groups is 1. The zero-order valence-electron chi connectivity index (χ0n) is 9.14. The predicted octanol–water partition coefficient (Wildman–Crippen LogP) is 0.696. The smallest absolute Gasteiger partial charge is 0.282 e. The first-order chi connectivity index (χ1) is 7.65. The number of aromatic nitrogens is 1. The SMILES string of the molecule is CNn1c(=O)c(C(N)=O)cc2ccccc21.Cl. The lowest BCUT2D eigenvalue weighted by molar-refractivity contribution is 0.0998. The van der Waals surface area contributed by atoms with E-state index in [-0.39, 0.29) is 18.0 Å². The second-order valence-electron chi connectivity index (χ2n) is 3.35. The molecule has 0 radical (unpaired) electrons. The van der Waals surface area contributed by atoms with Gasteiger partial charge < -0.3 is 11.2 Å². The first kappa shape index (κ1) is 13.1. The number of nitrogens with zero attached hydrogens (tertiary/aromatic N) is 1. The number of nitrogens with two attached hydrogens (primary N) is 1. The van der Waals surface area contributed by atoms with Crippen LogP contribution in [0.3, 0.4) is 0 Å².